The smallest absolute Gasteiger partial charge is 0.471 e. The number of alkyl halides is 3. The van der Waals surface area contributed by atoms with Crippen molar-refractivity contribution in [3.8, 4) is 11.8 Å². The van der Waals surface area contributed by atoms with E-state index in [0.717, 1.165) is 15.9 Å². The van der Waals surface area contributed by atoms with Crippen molar-refractivity contribution < 1.29 is 45.9 Å². The number of nitrogens with zero attached hydrogens (tertiary/aromatic N) is 3. The summed E-state index contributed by atoms with van der Waals surface area (Å²) in [6.07, 6.45) is -4.20. The van der Waals surface area contributed by atoms with Crippen LogP contribution < -0.4 is 15.4 Å². The Morgan fingerprint density at radius 1 is 1.26 bits per heavy atom. The van der Waals surface area contributed by atoms with Crippen LogP contribution in [0.1, 0.15) is 46.0 Å². The molecule has 3 aliphatic rings. The topological polar surface area (TPSA) is 132 Å². The number of nitrogens with one attached hydrogen (secondary N) is 2. The van der Waals surface area contributed by atoms with Gasteiger partial charge in [0, 0.05) is 25.6 Å². The fourth-order valence-corrected chi connectivity index (χ4v) is 5.30. The third-order valence-electron chi connectivity index (χ3n) is 7.66. The fraction of sp³-hybridized carbons (Fsp3) is 0.593. The van der Waals surface area contributed by atoms with E-state index >= 15 is 0 Å². The van der Waals surface area contributed by atoms with E-state index in [1.54, 1.807) is 19.2 Å². The number of hydrogen-bond donors (Lipinski definition) is 2. The first kappa shape index (κ1) is 31.0. The number of likely N-dealkylation sites (N-methyl/N-ethyl adjacent to an activating group) is 1. The zero-order valence-corrected chi connectivity index (χ0v) is 23.1. The minimum Gasteiger partial charge on any atom is -0.473 e. The average molecular weight is 600 g/mol. The molecule has 15 heteroatoms. The molecule has 1 aliphatic carbocycles. The monoisotopic (exact) mass is 599 g/mol. The molecular weight excluding hydrogens is 569 g/mol. The molecule has 0 radical (unpaired) electrons. The van der Waals surface area contributed by atoms with Gasteiger partial charge in [0.05, 0.1) is 12.6 Å². The number of likely N-dealkylation sites (tertiary alicyclic amines) is 1. The summed E-state index contributed by atoms with van der Waals surface area (Å²) in [5, 5.41) is 13.9. The van der Waals surface area contributed by atoms with Crippen molar-refractivity contribution in [1.82, 2.24) is 15.1 Å². The highest BCUT2D eigenvalue weighted by molar-refractivity contribution is 6.02. The van der Waals surface area contributed by atoms with Gasteiger partial charge in [-0.05, 0) is 24.7 Å². The van der Waals surface area contributed by atoms with Crippen molar-refractivity contribution in [2.75, 3.05) is 18.9 Å². The summed E-state index contributed by atoms with van der Waals surface area (Å²) in [6, 6.07) is -0.723. The van der Waals surface area contributed by atoms with Gasteiger partial charge >= 0.3 is 12.1 Å². The highest BCUT2D eigenvalue weighted by Crippen LogP contribution is 2.42. The number of nitriles is 1. The summed E-state index contributed by atoms with van der Waals surface area (Å²) < 4.78 is 72.8. The van der Waals surface area contributed by atoms with Gasteiger partial charge in [-0.2, -0.15) is 18.4 Å². The van der Waals surface area contributed by atoms with E-state index in [2.05, 4.69) is 5.32 Å². The molecule has 2 unspecified atom stereocenters. The maximum Gasteiger partial charge on any atom is 0.471 e. The normalized spacial score (nSPS) is 23.0. The highest BCUT2D eigenvalue weighted by atomic mass is 19.4. The van der Waals surface area contributed by atoms with Crippen LogP contribution in [-0.2, 0) is 19.2 Å². The van der Waals surface area contributed by atoms with Gasteiger partial charge in [0.2, 0.25) is 17.4 Å². The molecule has 2 heterocycles. The maximum atomic E-state index is 14.2. The molecule has 4 amide bonds. The number of ether oxygens (including phenoxy) is 1. The lowest BCUT2D eigenvalue weighted by atomic mass is 9.97. The number of hydrogen-bond acceptors (Lipinski definition) is 6. The molecule has 4 atom stereocenters. The molecule has 228 valence electrons. The van der Waals surface area contributed by atoms with Gasteiger partial charge in [0.25, 0.3) is 5.91 Å². The number of rotatable bonds is 8. The maximum absolute atomic E-state index is 14.2. The van der Waals surface area contributed by atoms with Crippen molar-refractivity contribution in [2.45, 2.75) is 75.9 Å². The summed E-state index contributed by atoms with van der Waals surface area (Å²) in [6.45, 7) is 2.99. The first-order valence-corrected chi connectivity index (χ1v) is 13.4. The molecule has 1 aromatic carbocycles. The molecular formula is C27H30F5N5O5. The number of anilines is 1. The van der Waals surface area contributed by atoms with Gasteiger partial charge in [0.15, 0.2) is 11.6 Å². The number of carbonyl (C=O) groups is 4. The number of carbonyl (C=O) groups excluding carboxylic acids is 4. The van der Waals surface area contributed by atoms with Gasteiger partial charge in [-0.15, -0.1) is 0 Å². The van der Waals surface area contributed by atoms with Crippen LogP contribution in [0, 0.1) is 34.8 Å². The van der Waals surface area contributed by atoms with Crippen molar-refractivity contribution in [2.24, 2.45) is 11.8 Å². The quantitative estimate of drug-likeness (QED) is 0.442. The molecule has 1 spiro atoms. The lowest BCUT2D eigenvalue weighted by molar-refractivity contribution is -0.175. The van der Waals surface area contributed by atoms with Crippen LogP contribution in [0.4, 0.5) is 27.6 Å². The Bertz CT molecular complexity index is 1330. The molecule has 42 heavy (non-hydrogen) atoms. The summed E-state index contributed by atoms with van der Waals surface area (Å²) >= 11 is 0. The largest absolute Gasteiger partial charge is 0.473 e. The first-order chi connectivity index (χ1) is 19.6. The summed E-state index contributed by atoms with van der Waals surface area (Å²) in [5.41, 5.74) is -2.26. The molecule has 1 aromatic rings. The zero-order valence-electron chi connectivity index (χ0n) is 23.1. The third-order valence-corrected chi connectivity index (χ3v) is 7.66. The van der Waals surface area contributed by atoms with Crippen LogP contribution in [0.2, 0.25) is 0 Å². The van der Waals surface area contributed by atoms with Gasteiger partial charge in [-0.25, -0.2) is 8.78 Å². The van der Waals surface area contributed by atoms with Crippen molar-refractivity contribution in [3.63, 3.8) is 0 Å². The molecule has 2 fully saturated rings. The van der Waals surface area contributed by atoms with E-state index in [1.807, 2.05) is 6.07 Å². The van der Waals surface area contributed by atoms with Crippen LogP contribution in [0.15, 0.2) is 12.1 Å². The fourth-order valence-electron chi connectivity index (χ4n) is 5.30. The Balaban J connectivity index is 1.60. The van der Waals surface area contributed by atoms with Crippen LogP contribution in [0.25, 0.3) is 0 Å². The standard InChI is InChI=1S/C27H30F5N5O5/c1-13(2)6-19(36(3)22(38)18(7-14-4-5-14)34-25(41)27(30,31)32)23(39)37-12-26(10-16(37)11-33)24(40)35-21-17(29)8-15(28)9-20(21)42-26/h8-9,13-14,16,18-19H,4-7,10,12H2,1-3H3,(H,34,41)(H,35,40)/t16-,18?,19?,26+/m0/s1. The Kier molecular flexibility index (Phi) is 8.39. The van der Waals surface area contributed by atoms with Crippen LogP contribution in [-0.4, -0.2) is 76.9 Å². The molecule has 0 bridgehead atoms. The van der Waals surface area contributed by atoms with Crippen molar-refractivity contribution in [3.05, 3.63) is 23.8 Å². The van der Waals surface area contributed by atoms with E-state index in [0.29, 0.717) is 18.9 Å². The Morgan fingerprint density at radius 2 is 1.93 bits per heavy atom. The molecule has 4 rings (SSSR count). The van der Waals surface area contributed by atoms with E-state index in [1.165, 1.54) is 7.05 Å². The molecule has 0 aromatic heterocycles. The minimum absolute atomic E-state index is 0.0399. The second kappa shape index (κ2) is 11.4. The summed E-state index contributed by atoms with van der Waals surface area (Å²) in [5.74, 6) is -7.46. The van der Waals surface area contributed by atoms with E-state index in [9.17, 15) is 46.4 Å². The first-order valence-electron chi connectivity index (χ1n) is 13.4. The lowest BCUT2D eigenvalue weighted by Gasteiger charge is -2.36. The molecule has 1 saturated heterocycles. The van der Waals surface area contributed by atoms with Crippen LogP contribution >= 0.6 is 0 Å². The Labute approximate surface area is 238 Å². The second-order valence-electron chi connectivity index (χ2n) is 11.4. The number of halogens is 5. The number of fused-ring (bicyclic) bond motifs is 1. The van der Waals surface area contributed by atoms with Crippen LogP contribution in [0.3, 0.4) is 0 Å². The molecule has 2 N–H and O–H groups in total. The minimum atomic E-state index is -5.22. The van der Waals surface area contributed by atoms with Gasteiger partial charge < -0.3 is 25.2 Å². The summed E-state index contributed by atoms with van der Waals surface area (Å²) in [7, 11) is 1.23. The second-order valence-corrected chi connectivity index (χ2v) is 11.4. The van der Waals surface area contributed by atoms with E-state index < -0.39 is 77.4 Å². The lowest BCUT2D eigenvalue weighted by Crippen LogP contribution is -2.58. The molecule has 2 aliphatic heterocycles. The van der Waals surface area contributed by atoms with E-state index in [4.69, 9.17) is 4.74 Å². The van der Waals surface area contributed by atoms with Crippen molar-refractivity contribution in [1.29, 1.82) is 5.26 Å². The predicted octanol–water partition coefficient (Wildman–Crippen LogP) is 2.88. The molecule has 10 nitrogen and oxygen atoms in total. The van der Waals surface area contributed by atoms with Gasteiger partial charge in [0.1, 0.15) is 29.6 Å². The zero-order chi connectivity index (χ0) is 31.1. The Hall–Kier alpha value is -3.96. The SMILES string of the molecule is CC(C)CC(C(=O)N1C[C@@]2(C[C@H]1C#N)Oc1cc(F)cc(F)c1NC2=O)N(C)C(=O)C(CC1CC1)NC(=O)C(F)(F)F. The van der Waals surface area contributed by atoms with Gasteiger partial charge in [-0.3, -0.25) is 19.2 Å². The predicted molar refractivity (Wildman–Crippen MR) is 135 cm³/mol. The van der Waals surface area contributed by atoms with Crippen LogP contribution in [0.5, 0.6) is 5.75 Å². The summed E-state index contributed by atoms with van der Waals surface area (Å²) in [4.78, 5) is 54.2. The number of amides is 4. The number of benzene rings is 1. The van der Waals surface area contributed by atoms with Crippen molar-refractivity contribution >= 4 is 29.3 Å². The molecule has 1 saturated carbocycles. The average Bonchev–Trinajstić information content (AvgIpc) is 3.64. The Morgan fingerprint density at radius 3 is 2.50 bits per heavy atom. The highest BCUT2D eigenvalue weighted by Gasteiger charge is 2.57. The van der Waals surface area contributed by atoms with E-state index in [-0.39, 0.29) is 36.8 Å². The third kappa shape index (κ3) is 6.27. The van der Waals surface area contributed by atoms with Gasteiger partial charge in [-0.1, -0.05) is 26.7 Å².